The van der Waals surface area contributed by atoms with Gasteiger partial charge in [0.2, 0.25) is 10.0 Å². The minimum Gasteiger partial charge on any atom is -0.361 e. The molecule has 1 fully saturated rings. The van der Waals surface area contributed by atoms with Gasteiger partial charge in [-0.1, -0.05) is 55.2 Å². The van der Waals surface area contributed by atoms with Crippen molar-refractivity contribution >= 4 is 20.9 Å². The number of aromatic amines is 1. The summed E-state index contributed by atoms with van der Waals surface area (Å²) in [4.78, 5) is 3.63. The van der Waals surface area contributed by atoms with Gasteiger partial charge < -0.3 is 4.98 Å². The summed E-state index contributed by atoms with van der Waals surface area (Å²) < 4.78 is 29.3. The number of para-hydroxylation sites is 1. The largest absolute Gasteiger partial charge is 0.361 e. The van der Waals surface area contributed by atoms with Crippen molar-refractivity contribution in [3.8, 4) is 0 Å². The number of H-pyrrole nitrogens is 1. The SMILES string of the molecule is Cc1ccc(S(=O)(=O)N[C@@H](c2c[nH]c3ccccc23)C2CCCCC2)cc1. The Bertz CT molecular complexity index is 1020. The Kier molecular flexibility index (Phi) is 5.06. The number of hydrogen-bond donors (Lipinski definition) is 2. The zero-order chi connectivity index (χ0) is 18.9. The standard InChI is InChI=1S/C22H26N2O2S/c1-16-11-13-18(14-12-16)27(25,26)24-22(17-7-3-2-4-8-17)20-15-23-21-10-6-5-9-19(20)21/h5-6,9-15,17,22-24H,2-4,7-8H2,1H3/t22-/m1/s1. The van der Waals surface area contributed by atoms with Crippen molar-refractivity contribution in [2.45, 2.75) is 50.0 Å². The number of rotatable bonds is 5. The lowest BCUT2D eigenvalue weighted by Crippen LogP contribution is -2.34. The molecule has 1 heterocycles. The Labute approximate surface area is 161 Å². The van der Waals surface area contributed by atoms with Gasteiger partial charge in [0.25, 0.3) is 0 Å². The van der Waals surface area contributed by atoms with E-state index in [2.05, 4.69) is 15.8 Å². The van der Waals surface area contributed by atoms with Crippen molar-refractivity contribution in [3.63, 3.8) is 0 Å². The van der Waals surface area contributed by atoms with Crippen LogP contribution in [0.5, 0.6) is 0 Å². The molecule has 2 aromatic carbocycles. The Morgan fingerprint density at radius 3 is 2.44 bits per heavy atom. The van der Waals surface area contributed by atoms with Crippen LogP contribution in [0.3, 0.4) is 0 Å². The monoisotopic (exact) mass is 382 g/mol. The van der Waals surface area contributed by atoms with Gasteiger partial charge in [0.1, 0.15) is 0 Å². The molecule has 4 rings (SSSR count). The topological polar surface area (TPSA) is 62.0 Å². The average molecular weight is 383 g/mol. The van der Waals surface area contributed by atoms with Gasteiger partial charge in [0.05, 0.1) is 10.9 Å². The smallest absolute Gasteiger partial charge is 0.241 e. The summed E-state index contributed by atoms with van der Waals surface area (Å²) >= 11 is 0. The van der Waals surface area contributed by atoms with Crippen LogP contribution in [0.25, 0.3) is 10.9 Å². The van der Waals surface area contributed by atoms with Crippen LogP contribution in [-0.2, 0) is 10.0 Å². The quantitative estimate of drug-likeness (QED) is 0.647. The van der Waals surface area contributed by atoms with Crippen LogP contribution >= 0.6 is 0 Å². The second-order valence-corrected chi connectivity index (χ2v) is 9.31. The summed E-state index contributed by atoms with van der Waals surface area (Å²) in [5.41, 5.74) is 3.14. The van der Waals surface area contributed by atoms with Crippen molar-refractivity contribution in [1.29, 1.82) is 0 Å². The molecule has 1 saturated carbocycles. The first-order chi connectivity index (χ1) is 13.0. The van der Waals surface area contributed by atoms with E-state index in [9.17, 15) is 8.42 Å². The van der Waals surface area contributed by atoms with Gasteiger partial charge in [-0.15, -0.1) is 0 Å². The highest BCUT2D eigenvalue weighted by Crippen LogP contribution is 2.38. The van der Waals surface area contributed by atoms with Crippen molar-refractivity contribution in [3.05, 3.63) is 65.9 Å². The first-order valence-electron chi connectivity index (χ1n) is 9.69. The Hall–Kier alpha value is -2.11. The molecule has 0 saturated heterocycles. The van der Waals surface area contributed by atoms with Crippen molar-refractivity contribution < 1.29 is 8.42 Å². The first-order valence-corrected chi connectivity index (χ1v) is 11.2. The molecule has 0 radical (unpaired) electrons. The third-order valence-corrected chi connectivity index (χ3v) is 7.15. The van der Waals surface area contributed by atoms with Crippen molar-refractivity contribution in [2.24, 2.45) is 5.92 Å². The van der Waals surface area contributed by atoms with Crippen molar-refractivity contribution in [2.75, 3.05) is 0 Å². The number of fused-ring (bicyclic) bond motifs is 1. The summed E-state index contributed by atoms with van der Waals surface area (Å²) in [5, 5.41) is 1.10. The molecule has 0 unspecified atom stereocenters. The molecule has 1 aliphatic rings. The van der Waals surface area contributed by atoms with Crippen LogP contribution in [0.15, 0.2) is 59.6 Å². The minimum absolute atomic E-state index is 0.215. The van der Waals surface area contributed by atoms with E-state index in [1.165, 1.54) is 6.42 Å². The van der Waals surface area contributed by atoms with E-state index in [1.54, 1.807) is 12.1 Å². The van der Waals surface area contributed by atoms with Gasteiger partial charge in [0.15, 0.2) is 0 Å². The van der Waals surface area contributed by atoms with Gasteiger partial charge in [-0.2, -0.15) is 0 Å². The predicted octanol–water partition coefficient (Wildman–Crippen LogP) is 5.08. The summed E-state index contributed by atoms with van der Waals surface area (Å²) in [7, 11) is -3.58. The van der Waals surface area contributed by atoms with E-state index >= 15 is 0 Å². The van der Waals surface area contributed by atoms with Crippen LogP contribution in [-0.4, -0.2) is 13.4 Å². The molecular formula is C22H26N2O2S. The molecule has 1 aromatic heterocycles. The van der Waals surface area contributed by atoms with E-state index in [-0.39, 0.29) is 6.04 Å². The fourth-order valence-corrected chi connectivity index (χ4v) is 5.47. The summed E-state index contributed by atoms with van der Waals surface area (Å²) in [6, 6.07) is 14.9. The van der Waals surface area contributed by atoms with E-state index < -0.39 is 10.0 Å². The molecule has 5 heteroatoms. The number of sulfonamides is 1. The first kappa shape index (κ1) is 18.3. The molecule has 4 nitrogen and oxygen atoms in total. The van der Waals surface area contributed by atoms with Gasteiger partial charge in [-0.25, -0.2) is 13.1 Å². The molecule has 27 heavy (non-hydrogen) atoms. The maximum absolute atomic E-state index is 13.1. The fraction of sp³-hybridized carbons (Fsp3) is 0.364. The zero-order valence-electron chi connectivity index (χ0n) is 15.6. The predicted molar refractivity (Wildman–Crippen MR) is 109 cm³/mol. The van der Waals surface area contributed by atoms with Crippen LogP contribution in [0.4, 0.5) is 0 Å². The van der Waals surface area contributed by atoms with E-state index in [4.69, 9.17) is 0 Å². The second kappa shape index (κ2) is 7.49. The van der Waals surface area contributed by atoms with E-state index in [0.29, 0.717) is 10.8 Å². The fourth-order valence-electron chi connectivity index (χ4n) is 4.19. The number of nitrogens with one attached hydrogen (secondary N) is 2. The third kappa shape index (κ3) is 3.80. The number of aryl methyl sites for hydroxylation is 1. The van der Waals surface area contributed by atoms with Crippen LogP contribution in [0, 0.1) is 12.8 Å². The van der Waals surface area contributed by atoms with Gasteiger partial charge in [-0.3, -0.25) is 0 Å². The maximum atomic E-state index is 13.1. The van der Waals surface area contributed by atoms with Crippen molar-refractivity contribution in [1.82, 2.24) is 9.71 Å². The van der Waals surface area contributed by atoms with Gasteiger partial charge >= 0.3 is 0 Å². The summed E-state index contributed by atoms with van der Waals surface area (Å²) in [6.07, 6.45) is 7.65. The Morgan fingerprint density at radius 2 is 1.70 bits per heavy atom. The lowest BCUT2D eigenvalue weighted by molar-refractivity contribution is 0.295. The highest BCUT2D eigenvalue weighted by molar-refractivity contribution is 7.89. The molecule has 142 valence electrons. The molecule has 3 aromatic rings. The Morgan fingerprint density at radius 1 is 1.00 bits per heavy atom. The number of hydrogen-bond acceptors (Lipinski definition) is 2. The number of aromatic nitrogens is 1. The summed E-state index contributed by atoms with van der Waals surface area (Å²) in [6.45, 7) is 1.96. The highest BCUT2D eigenvalue weighted by atomic mass is 32.2. The second-order valence-electron chi connectivity index (χ2n) is 7.60. The van der Waals surface area contributed by atoms with Gasteiger partial charge in [0, 0.05) is 17.1 Å². The van der Waals surface area contributed by atoms with Crippen LogP contribution in [0.1, 0.15) is 49.3 Å². The average Bonchev–Trinajstić information content (AvgIpc) is 3.11. The molecular weight excluding hydrogens is 356 g/mol. The Balaban J connectivity index is 1.73. The van der Waals surface area contributed by atoms with Crippen LogP contribution < -0.4 is 4.72 Å². The van der Waals surface area contributed by atoms with E-state index in [1.807, 2.05) is 43.5 Å². The lowest BCUT2D eigenvalue weighted by atomic mass is 9.81. The lowest BCUT2D eigenvalue weighted by Gasteiger charge is -2.31. The van der Waals surface area contributed by atoms with Gasteiger partial charge in [-0.05, 0) is 49.4 Å². The van der Waals surface area contributed by atoms with Crippen LogP contribution in [0.2, 0.25) is 0 Å². The maximum Gasteiger partial charge on any atom is 0.241 e. The summed E-state index contributed by atoms with van der Waals surface area (Å²) in [5.74, 6) is 0.318. The minimum atomic E-state index is -3.58. The molecule has 1 aliphatic carbocycles. The molecule has 0 aliphatic heterocycles. The number of benzene rings is 2. The highest BCUT2D eigenvalue weighted by Gasteiger charge is 2.31. The molecule has 0 bridgehead atoms. The van der Waals surface area contributed by atoms with E-state index in [0.717, 1.165) is 47.7 Å². The third-order valence-electron chi connectivity index (χ3n) is 5.69. The molecule has 0 amide bonds. The normalized spacial score (nSPS) is 17.2. The zero-order valence-corrected chi connectivity index (χ0v) is 16.4. The molecule has 0 spiro atoms. The molecule has 1 atom stereocenters. The molecule has 2 N–H and O–H groups in total.